The third-order valence-corrected chi connectivity index (χ3v) is 4.19. The summed E-state index contributed by atoms with van der Waals surface area (Å²) in [5.74, 6) is 0. The highest BCUT2D eigenvalue weighted by Gasteiger charge is 2.20. The van der Waals surface area contributed by atoms with Gasteiger partial charge in [0.05, 0.1) is 6.61 Å². The molecule has 1 aromatic rings. The summed E-state index contributed by atoms with van der Waals surface area (Å²) in [6, 6.07) is 7.16. The summed E-state index contributed by atoms with van der Waals surface area (Å²) in [6.07, 6.45) is 1.14. The van der Waals surface area contributed by atoms with Crippen molar-refractivity contribution in [2.24, 2.45) is 0 Å². The van der Waals surface area contributed by atoms with E-state index in [0.717, 1.165) is 32.7 Å². The minimum absolute atomic E-state index is 0.564. The summed E-state index contributed by atoms with van der Waals surface area (Å²) in [4.78, 5) is 2.38. The van der Waals surface area contributed by atoms with Gasteiger partial charge < -0.3 is 10.1 Å². The molecule has 0 spiro atoms. The van der Waals surface area contributed by atoms with Crippen LogP contribution in [0.3, 0.4) is 0 Å². The van der Waals surface area contributed by atoms with Gasteiger partial charge in [-0.25, -0.2) is 0 Å². The van der Waals surface area contributed by atoms with Gasteiger partial charge in [-0.3, -0.25) is 4.90 Å². The standard InChI is InChI=1S/C14H21BrN2O/c1-16-8-11-3-4-12(14(15)7-11)9-17(2)13-5-6-18-10-13/h3-4,7,13,16H,5-6,8-10H2,1-2H3. The highest BCUT2D eigenvalue weighted by molar-refractivity contribution is 9.10. The maximum Gasteiger partial charge on any atom is 0.0622 e. The van der Waals surface area contributed by atoms with Gasteiger partial charge >= 0.3 is 0 Å². The first kappa shape index (κ1) is 14.0. The summed E-state index contributed by atoms with van der Waals surface area (Å²) in [5.41, 5.74) is 2.64. The van der Waals surface area contributed by atoms with Crippen LogP contribution in [0.5, 0.6) is 0 Å². The predicted octanol–water partition coefficient (Wildman–Crippen LogP) is 2.39. The van der Waals surface area contributed by atoms with Crippen LogP contribution in [0.2, 0.25) is 0 Å². The molecule has 1 atom stereocenters. The SMILES string of the molecule is CNCc1ccc(CN(C)C2CCOC2)c(Br)c1. The molecule has 0 amide bonds. The zero-order valence-corrected chi connectivity index (χ0v) is 12.7. The van der Waals surface area contributed by atoms with Crippen molar-refractivity contribution >= 4 is 15.9 Å². The molecule has 0 aliphatic carbocycles. The zero-order chi connectivity index (χ0) is 13.0. The molecule has 1 aliphatic heterocycles. The third-order valence-electron chi connectivity index (χ3n) is 3.45. The quantitative estimate of drug-likeness (QED) is 0.903. The lowest BCUT2D eigenvalue weighted by Gasteiger charge is -2.23. The number of benzene rings is 1. The lowest BCUT2D eigenvalue weighted by Crippen LogP contribution is -2.31. The first-order valence-corrected chi connectivity index (χ1v) is 7.20. The van der Waals surface area contributed by atoms with E-state index in [-0.39, 0.29) is 0 Å². The van der Waals surface area contributed by atoms with E-state index >= 15 is 0 Å². The molecule has 0 saturated carbocycles. The topological polar surface area (TPSA) is 24.5 Å². The minimum atomic E-state index is 0.564. The van der Waals surface area contributed by atoms with Crippen LogP contribution < -0.4 is 5.32 Å². The first-order valence-electron chi connectivity index (χ1n) is 6.40. The van der Waals surface area contributed by atoms with Gasteiger partial charge in [-0.2, -0.15) is 0 Å². The van der Waals surface area contributed by atoms with Gasteiger partial charge in [0, 0.05) is 30.2 Å². The third kappa shape index (κ3) is 3.54. The van der Waals surface area contributed by atoms with Gasteiger partial charge in [0.1, 0.15) is 0 Å². The summed E-state index contributed by atoms with van der Waals surface area (Å²) in [6.45, 7) is 3.64. The Hall–Kier alpha value is -0.420. The molecule has 1 unspecified atom stereocenters. The maximum atomic E-state index is 5.44. The van der Waals surface area contributed by atoms with E-state index in [1.165, 1.54) is 15.6 Å². The number of rotatable bonds is 5. The van der Waals surface area contributed by atoms with E-state index in [2.05, 4.69) is 51.4 Å². The van der Waals surface area contributed by atoms with Crippen LogP contribution in [-0.4, -0.2) is 38.3 Å². The van der Waals surface area contributed by atoms with Gasteiger partial charge in [-0.15, -0.1) is 0 Å². The molecule has 0 bridgehead atoms. The summed E-state index contributed by atoms with van der Waals surface area (Å²) in [5, 5.41) is 3.17. The second-order valence-electron chi connectivity index (χ2n) is 4.89. The average Bonchev–Trinajstić information content (AvgIpc) is 2.86. The molecule has 0 aromatic heterocycles. The van der Waals surface area contributed by atoms with Crippen molar-refractivity contribution in [3.05, 3.63) is 33.8 Å². The number of hydrogen-bond acceptors (Lipinski definition) is 3. The average molecular weight is 313 g/mol. The Morgan fingerprint density at radius 1 is 1.50 bits per heavy atom. The van der Waals surface area contributed by atoms with Crippen molar-refractivity contribution in [3.8, 4) is 0 Å². The largest absolute Gasteiger partial charge is 0.380 e. The van der Waals surface area contributed by atoms with E-state index in [0.29, 0.717) is 6.04 Å². The molecule has 18 heavy (non-hydrogen) atoms. The summed E-state index contributed by atoms with van der Waals surface area (Å²) >= 11 is 3.67. The molecule has 1 heterocycles. The second kappa shape index (κ2) is 6.66. The number of nitrogens with one attached hydrogen (secondary N) is 1. The van der Waals surface area contributed by atoms with Crippen molar-refractivity contribution in [2.45, 2.75) is 25.6 Å². The van der Waals surface area contributed by atoms with Crippen LogP contribution in [0.4, 0.5) is 0 Å². The molecular formula is C14H21BrN2O. The van der Waals surface area contributed by atoms with Crippen molar-refractivity contribution < 1.29 is 4.74 Å². The Kier molecular flexibility index (Phi) is 5.18. The van der Waals surface area contributed by atoms with E-state index in [4.69, 9.17) is 4.74 Å². The monoisotopic (exact) mass is 312 g/mol. The molecule has 100 valence electrons. The van der Waals surface area contributed by atoms with Crippen LogP contribution in [0.1, 0.15) is 17.5 Å². The Bertz CT molecular complexity index is 391. The Labute approximate surface area is 118 Å². The summed E-state index contributed by atoms with van der Waals surface area (Å²) in [7, 11) is 4.14. The van der Waals surface area contributed by atoms with Crippen molar-refractivity contribution in [1.29, 1.82) is 0 Å². The highest BCUT2D eigenvalue weighted by Crippen LogP contribution is 2.22. The van der Waals surface area contributed by atoms with Gasteiger partial charge in [0.2, 0.25) is 0 Å². The second-order valence-corrected chi connectivity index (χ2v) is 5.74. The number of nitrogens with zero attached hydrogens (tertiary/aromatic N) is 1. The first-order chi connectivity index (χ1) is 8.70. The normalized spacial score (nSPS) is 19.7. The predicted molar refractivity (Wildman–Crippen MR) is 77.6 cm³/mol. The smallest absolute Gasteiger partial charge is 0.0622 e. The molecule has 1 fully saturated rings. The molecule has 1 aliphatic rings. The lowest BCUT2D eigenvalue weighted by atomic mass is 10.1. The molecule has 0 radical (unpaired) electrons. The van der Waals surface area contributed by atoms with E-state index in [1.54, 1.807) is 0 Å². The number of hydrogen-bond donors (Lipinski definition) is 1. The van der Waals surface area contributed by atoms with E-state index in [9.17, 15) is 0 Å². The van der Waals surface area contributed by atoms with Crippen LogP contribution in [-0.2, 0) is 17.8 Å². The van der Waals surface area contributed by atoms with Crippen LogP contribution >= 0.6 is 15.9 Å². The maximum absolute atomic E-state index is 5.44. The van der Waals surface area contributed by atoms with Gasteiger partial charge in [-0.05, 0) is 37.7 Å². The fourth-order valence-electron chi connectivity index (χ4n) is 2.30. The molecule has 3 nitrogen and oxygen atoms in total. The van der Waals surface area contributed by atoms with Crippen LogP contribution in [0, 0.1) is 0 Å². The van der Waals surface area contributed by atoms with Crippen LogP contribution in [0.15, 0.2) is 22.7 Å². The van der Waals surface area contributed by atoms with Crippen molar-refractivity contribution in [1.82, 2.24) is 10.2 Å². The van der Waals surface area contributed by atoms with Gasteiger partial charge in [0.15, 0.2) is 0 Å². The molecule has 1 aromatic carbocycles. The Morgan fingerprint density at radius 3 is 2.94 bits per heavy atom. The van der Waals surface area contributed by atoms with Crippen LogP contribution in [0.25, 0.3) is 0 Å². The fourth-order valence-corrected chi connectivity index (χ4v) is 2.85. The lowest BCUT2D eigenvalue weighted by molar-refractivity contribution is 0.156. The summed E-state index contributed by atoms with van der Waals surface area (Å²) < 4.78 is 6.63. The number of halogens is 1. The molecular weight excluding hydrogens is 292 g/mol. The van der Waals surface area contributed by atoms with E-state index < -0.39 is 0 Å². The van der Waals surface area contributed by atoms with Crippen molar-refractivity contribution in [3.63, 3.8) is 0 Å². The minimum Gasteiger partial charge on any atom is -0.380 e. The molecule has 1 saturated heterocycles. The molecule has 2 rings (SSSR count). The Balaban J connectivity index is 2.00. The highest BCUT2D eigenvalue weighted by atomic mass is 79.9. The molecule has 4 heteroatoms. The fraction of sp³-hybridized carbons (Fsp3) is 0.571. The van der Waals surface area contributed by atoms with E-state index in [1.807, 2.05) is 7.05 Å². The zero-order valence-electron chi connectivity index (χ0n) is 11.1. The number of ether oxygens (including phenoxy) is 1. The van der Waals surface area contributed by atoms with Crippen molar-refractivity contribution in [2.75, 3.05) is 27.3 Å². The van der Waals surface area contributed by atoms with Gasteiger partial charge in [-0.1, -0.05) is 28.1 Å². The number of likely N-dealkylation sites (N-methyl/N-ethyl adjacent to an activating group) is 1. The van der Waals surface area contributed by atoms with Gasteiger partial charge in [0.25, 0.3) is 0 Å². The molecule has 1 N–H and O–H groups in total. The Morgan fingerprint density at radius 2 is 2.33 bits per heavy atom.